The molecule has 0 bridgehead atoms. The lowest BCUT2D eigenvalue weighted by molar-refractivity contribution is 0.0792. The van der Waals surface area contributed by atoms with Crippen LogP contribution in [-0.2, 0) is 10.0 Å². The maximum absolute atomic E-state index is 12.9. The van der Waals surface area contributed by atoms with Crippen LogP contribution in [0.25, 0.3) is 0 Å². The van der Waals surface area contributed by atoms with Crippen molar-refractivity contribution in [2.45, 2.75) is 38.5 Å². The van der Waals surface area contributed by atoms with Gasteiger partial charge in [-0.15, -0.1) is 0 Å². The summed E-state index contributed by atoms with van der Waals surface area (Å²) in [5.74, 6) is -0.408. The number of aryl methyl sites for hydroxylation is 1. The number of nitrogens with zero attached hydrogens (tertiary/aromatic N) is 2. The van der Waals surface area contributed by atoms with E-state index in [1.54, 1.807) is 57.2 Å². The summed E-state index contributed by atoms with van der Waals surface area (Å²) in [5.41, 5.74) is 1.97. The van der Waals surface area contributed by atoms with Crippen LogP contribution in [-0.4, -0.2) is 55.6 Å². The summed E-state index contributed by atoms with van der Waals surface area (Å²) in [4.78, 5) is 27.2. The Morgan fingerprint density at radius 2 is 1.55 bits per heavy atom. The van der Waals surface area contributed by atoms with Gasteiger partial charge in [0.25, 0.3) is 11.8 Å². The Bertz CT molecular complexity index is 1050. The fraction of sp³-hybridized carbons (Fsp3) is 0.391. The highest BCUT2D eigenvalue weighted by Gasteiger charge is 2.25. The van der Waals surface area contributed by atoms with Gasteiger partial charge in [-0.3, -0.25) is 9.59 Å². The number of rotatable bonds is 7. The van der Waals surface area contributed by atoms with E-state index in [0.29, 0.717) is 29.9 Å². The number of hydrogen-bond acceptors (Lipinski definition) is 4. The Balaban J connectivity index is 1.77. The molecule has 1 aliphatic rings. The van der Waals surface area contributed by atoms with Crippen molar-refractivity contribution in [1.29, 1.82) is 0 Å². The monoisotopic (exact) mass is 443 g/mol. The van der Waals surface area contributed by atoms with Gasteiger partial charge >= 0.3 is 0 Å². The maximum Gasteiger partial charge on any atom is 0.255 e. The third kappa shape index (κ3) is 4.97. The molecule has 2 amide bonds. The van der Waals surface area contributed by atoms with Gasteiger partial charge in [-0.25, -0.2) is 8.42 Å². The second-order valence-electron chi connectivity index (χ2n) is 7.60. The number of nitrogens with one attached hydrogen (secondary N) is 1. The molecule has 166 valence electrons. The van der Waals surface area contributed by atoms with Crippen molar-refractivity contribution in [3.63, 3.8) is 0 Å². The SMILES string of the molecule is CCN(CC)S(=O)(=O)c1cc(C(=O)Nc2ccc(C(=O)N3CCCC3)cc2)ccc1C. The van der Waals surface area contributed by atoms with Gasteiger partial charge < -0.3 is 10.2 Å². The zero-order valence-corrected chi connectivity index (χ0v) is 19.0. The molecule has 2 aromatic carbocycles. The zero-order chi connectivity index (χ0) is 22.6. The number of likely N-dealkylation sites (tertiary alicyclic amines) is 1. The van der Waals surface area contributed by atoms with E-state index in [9.17, 15) is 18.0 Å². The van der Waals surface area contributed by atoms with Crippen molar-refractivity contribution in [3.05, 3.63) is 59.2 Å². The third-order valence-electron chi connectivity index (χ3n) is 5.56. The number of carbonyl (C=O) groups is 2. The van der Waals surface area contributed by atoms with Crippen molar-refractivity contribution >= 4 is 27.5 Å². The molecule has 0 atom stereocenters. The molecular formula is C23H29N3O4S. The summed E-state index contributed by atoms with van der Waals surface area (Å²) in [6.07, 6.45) is 2.06. The molecule has 1 N–H and O–H groups in total. The van der Waals surface area contributed by atoms with E-state index >= 15 is 0 Å². The molecule has 0 unspecified atom stereocenters. The molecule has 0 aromatic heterocycles. The summed E-state index contributed by atoms with van der Waals surface area (Å²) in [7, 11) is -3.67. The average molecular weight is 444 g/mol. The van der Waals surface area contributed by atoms with E-state index in [1.165, 1.54) is 10.4 Å². The molecule has 1 aliphatic heterocycles. The van der Waals surface area contributed by atoms with Crippen LogP contribution in [0.3, 0.4) is 0 Å². The Labute approximate surface area is 184 Å². The van der Waals surface area contributed by atoms with E-state index in [2.05, 4.69) is 5.32 Å². The predicted molar refractivity (Wildman–Crippen MR) is 121 cm³/mol. The van der Waals surface area contributed by atoms with Crippen LogP contribution in [0.4, 0.5) is 5.69 Å². The van der Waals surface area contributed by atoms with Gasteiger partial charge in [-0.05, 0) is 61.7 Å². The summed E-state index contributed by atoms with van der Waals surface area (Å²) in [5, 5.41) is 2.78. The van der Waals surface area contributed by atoms with E-state index < -0.39 is 15.9 Å². The first-order chi connectivity index (χ1) is 14.8. The number of hydrogen-bond donors (Lipinski definition) is 1. The third-order valence-corrected chi connectivity index (χ3v) is 7.75. The van der Waals surface area contributed by atoms with E-state index in [-0.39, 0.29) is 16.4 Å². The van der Waals surface area contributed by atoms with E-state index in [1.807, 2.05) is 4.90 Å². The molecule has 3 rings (SSSR count). The number of sulfonamides is 1. The highest BCUT2D eigenvalue weighted by Crippen LogP contribution is 2.22. The van der Waals surface area contributed by atoms with Crippen LogP contribution in [0, 0.1) is 6.92 Å². The van der Waals surface area contributed by atoms with Gasteiger partial charge in [-0.1, -0.05) is 19.9 Å². The van der Waals surface area contributed by atoms with E-state index in [4.69, 9.17) is 0 Å². The lowest BCUT2D eigenvalue weighted by Gasteiger charge is -2.20. The smallest absolute Gasteiger partial charge is 0.255 e. The minimum absolute atomic E-state index is 0.000150. The first-order valence-corrected chi connectivity index (χ1v) is 12.0. The van der Waals surface area contributed by atoms with Crippen molar-refractivity contribution in [3.8, 4) is 0 Å². The van der Waals surface area contributed by atoms with Gasteiger partial charge in [0.15, 0.2) is 0 Å². The summed E-state index contributed by atoms with van der Waals surface area (Å²) < 4.78 is 27.2. The molecule has 8 heteroatoms. The van der Waals surface area contributed by atoms with Gasteiger partial charge in [0.2, 0.25) is 10.0 Å². The van der Waals surface area contributed by atoms with Crippen molar-refractivity contribution < 1.29 is 18.0 Å². The molecule has 0 spiro atoms. The topological polar surface area (TPSA) is 86.8 Å². The van der Waals surface area contributed by atoms with Crippen LogP contribution < -0.4 is 5.32 Å². The standard InChI is InChI=1S/C23H29N3O4S/c1-4-26(5-2)31(29,30)21-16-19(9-8-17(21)3)22(27)24-20-12-10-18(11-13-20)23(28)25-14-6-7-15-25/h8-13,16H,4-7,14-15H2,1-3H3,(H,24,27). The van der Waals surface area contributed by atoms with Crippen LogP contribution in [0.15, 0.2) is 47.4 Å². The first-order valence-electron chi connectivity index (χ1n) is 10.6. The van der Waals surface area contributed by atoms with Crippen molar-refractivity contribution in [2.24, 2.45) is 0 Å². The number of carbonyl (C=O) groups excluding carboxylic acids is 2. The van der Waals surface area contributed by atoms with Crippen molar-refractivity contribution in [2.75, 3.05) is 31.5 Å². The molecular weight excluding hydrogens is 414 g/mol. The Morgan fingerprint density at radius 3 is 2.13 bits per heavy atom. The molecule has 0 saturated carbocycles. The number of amides is 2. The highest BCUT2D eigenvalue weighted by atomic mass is 32.2. The maximum atomic E-state index is 12.9. The predicted octanol–water partition coefficient (Wildman–Crippen LogP) is 3.51. The van der Waals surface area contributed by atoms with Crippen LogP contribution in [0.5, 0.6) is 0 Å². The molecule has 0 radical (unpaired) electrons. The molecule has 1 saturated heterocycles. The number of benzene rings is 2. The second-order valence-corrected chi connectivity index (χ2v) is 9.51. The van der Waals surface area contributed by atoms with Crippen LogP contribution in [0.2, 0.25) is 0 Å². The van der Waals surface area contributed by atoms with Gasteiger partial charge in [0, 0.05) is 43.0 Å². The van der Waals surface area contributed by atoms with Crippen LogP contribution >= 0.6 is 0 Å². The Morgan fingerprint density at radius 1 is 0.968 bits per heavy atom. The second kappa shape index (κ2) is 9.62. The summed E-state index contributed by atoms with van der Waals surface area (Å²) in [6.45, 7) is 7.56. The summed E-state index contributed by atoms with van der Waals surface area (Å²) >= 11 is 0. The highest BCUT2D eigenvalue weighted by molar-refractivity contribution is 7.89. The average Bonchev–Trinajstić information content (AvgIpc) is 3.29. The Kier molecular flexibility index (Phi) is 7.12. The molecule has 1 heterocycles. The largest absolute Gasteiger partial charge is 0.339 e. The zero-order valence-electron chi connectivity index (χ0n) is 18.2. The minimum Gasteiger partial charge on any atom is -0.339 e. The van der Waals surface area contributed by atoms with Crippen LogP contribution in [0.1, 0.15) is 53.0 Å². The molecule has 2 aromatic rings. The van der Waals surface area contributed by atoms with Crippen molar-refractivity contribution in [1.82, 2.24) is 9.21 Å². The summed E-state index contributed by atoms with van der Waals surface area (Å²) in [6, 6.07) is 11.4. The minimum atomic E-state index is -3.67. The molecule has 7 nitrogen and oxygen atoms in total. The fourth-order valence-electron chi connectivity index (χ4n) is 3.72. The van der Waals surface area contributed by atoms with Gasteiger partial charge in [0.1, 0.15) is 0 Å². The fourth-order valence-corrected chi connectivity index (χ4v) is 5.43. The lowest BCUT2D eigenvalue weighted by atomic mass is 10.1. The molecule has 0 aliphatic carbocycles. The molecule has 31 heavy (non-hydrogen) atoms. The lowest BCUT2D eigenvalue weighted by Crippen LogP contribution is -2.31. The van der Waals surface area contributed by atoms with Gasteiger partial charge in [0.05, 0.1) is 4.90 Å². The number of anilines is 1. The van der Waals surface area contributed by atoms with Gasteiger partial charge in [-0.2, -0.15) is 4.31 Å². The molecule has 1 fully saturated rings. The Hall–Kier alpha value is -2.71. The van der Waals surface area contributed by atoms with E-state index in [0.717, 1.165) is 25.9 Å². The quantitative estimate of drug-likeness (QED) is 0.709. The first kappa shape index (κ1) is 23.0. The normalized spacial score (nSPS) is 14.1.